The fourth-order valence-corrected chi connectivity index (χ4v) is 1.04. The monoisotopic (exact) mass is 204 g/mol. The number of amides is 1. The topological polar surface area (TPSA) is 70.6 Å². The second-order valence-corrected chi connectivity index (χ2v) is 3.99. The number of hydrogen-bond acceptors (Lipinski definition) is 4. The minimum Gasteiger partial charge on any atom is -0.446 e. The number of carbonyl (C=O) groups is 1. The molecule has 0 aliphatic rings. The second kappa shape index (κ2) is 5.82. The van der Waals surface area contributed by atoms with Crippen molar-refractivity contribution in [3.63, 3.8) is 0 Å². The Morgan fingerprint density at radius 1 is 1.57 bits per heavy atom. The number of carbonyl (C=O) groups excluding carboxylic acids is 1. The van der Waals surface area contributed by atoms with Crippen LogP contribution in [0, 0.1) is 0 Å². The molecule has 0 bridgehead atoms. The molecule has 0 radical (unpaired) electrons. The second-order valence-electron chi connectivity index (χ2n) is 3.99. The van der Waals surface area contributed by atoms with Crippen LogP contribution in [0.2, 0.25) is 0 Å². The molecule has 0 aromatic carbocycles. The van der Waals surface area contributed by atoms with Gasteiger partial charge in [0.2, 0.25) is 0 Å². The number of nitrogens with one attached hydrogen (secondary N) is 2. The maximum absolute atomic E-state index is 10.5. The van der Waals surface area contributed by atoms with Crippen molar-refractivity contribution in [2.24, 2.45) is 0 Å². The molecule has 0 rings (SSSR count). The third-order valence-corrected chi connectivity index (χ3v) is 2.08. The van der Waals surface area contributed by atoms with Crippen LogP contribution in [0.1, 0.15) is 34.1 Å². The first-order valence-corrected chi connectivity index (χ1v) is 4.76. The van der Waals surface area contributed by atoms with E-state index in [0.717, 1.165) is 6.42 Å². The lowest BCUT2D eigenvalue weighted by Crippen LogP contribution is -2.46. The van der Waals surface area contributed by atoms with Crippen molar-refractivity contribution >= 4 is 6.09 Å². The molecule has 0 aromatic heterocycles. The lowest BCUT2D eigenvalue weighted by molar-refractivity contribution is 0.0802. The molecule has 5 nitrogen and oxygen atoms in total. The zero-order valence-corrected chi connectivity index (χ0v) is 9.26. The van der Waals surface area contributed by atoms with E-state index in [4.69, 9.17) is 5.21 Å². The van der Waals surface area contributed by atoms with E-state index in [9.17, 15) is 4.79 Å². The largest absolute Gasteiger partial charge is 0.446 e. The van der Waals surface area contributed by atoms with Crippen molar-refractivity contribution in [1.29, 1.82) is 0 Å². The Morgan fingerprint density at radius 2 is 2.14 bits per heavy atom. The van der Waals surface area contributed by atoms with Gasteiger partial charge < -0.3 is 10.1 Å². The summed E-state index contributed by atoms with van der Waals surface area (Å²) in [5, 5.41) is 11.5. The highest BCUT2D eigenvalue weighted by Gasteiger charge is 2.18. The van der Waals surface area contributed by atoms with Gasteiger partial charge in [0.15, 0.2) is 0 Å². The molecule has 0 fully saturated rings. The van der Waals surface area contributed by atoms with Gasteiger partial charge in [-0.15, -0.1) is 0 Å². The predicted molar refractivity (Wildman–Crippen MR) is 53.2 cm³/mol. The van der Waals surface area contributed by atoms with Gasteiger partial charge in [-0.25, -0.2) is 10.3 Å². The number of hydroxylamine groups is 1. The van der Waals surface area contributed by atoms with Crippen molar-refractivity contribution in [3.05, 3.63) is 0 Å². The van der Waals surface area contributed by atoms with Gasteiger partial charge in [-0.1, -0.05) is 6.92 Å². The zero-order chi connectivity index (χ0) is 11.2. The molecule has 3 N–H and O–H groups in total. The van der Waals surface area contributed by atoms with E-state index < -0.39 is 6.09 Å². The van der Waals surface area contributed by atoms with Gasteiger partial charge in [0.25, 0.3) is 0 Å². The fraction of sp³-hybridized carbons (Fsp3) is 0.889. The molecule has 0 saturated carbocycles. The Kier molecular flexibility index (Phi) is 5.49. The van der Waals surface area contributed by atoms with Crippen LogP contribution >= 0.6 is 0 Å². The van der Waals surface area contributed by atoms with Crippen LogP contribution in [0.15, 0.2) is 0 Å². The molecule has 0 aliphatic heterocycles. The van der Waals surface area contributed by atoms with Crippen LogP contribution in [0.4, 0.5) is 4.79 Å². The Labute approximate surface area is 84.8 Å². The third kappa shape index (κ3) is 5.77. The van der Waals surface area contributed by atoms with E-state index in [1.54, 1.807) is 0 Å². The van der Waals surface area contributed by atoms with Crippen molar-refractivity contribution in [1.82, 2.24) is 10.8 Å². The Morgan fingerprint density at radius 3 is 2.57 bits per heavy atom. The summed E-state index contributed by atoms with van der Waals surface area (Å²) in [6, 6.07) is 0.0576. The van der Waals surface area contributed by atoms with E-state index in [0.29, 0.717) is 0 Å². The highest BCUT2D eigenvalue weighted by atomic mass is 16.6. The molecule has 84 valence electrons. The lowest BCUT2D eigenvalue weighted by atomic mass is 10.0. The lowest BCUT2D eigenvalue weighted by Gasteiger charge is -2.28. The molecule has 1 atom stereocenters. The molecule has 1 unspecified atom stereocenters. The summed E-state index contributed by atoms with van der Waals surface area (Å²) in [5.74, 6) is 0. The van der Waals surface area contributed by atoms with Crippen LogP contribution in [-0.4, -0.2) is 29.5 Å². The van der Waals surface area contributed by atoms with Crippen LogP contribution < -0.4 is 10.8 Å². The van der Waals surface area contributed by atoms with Crippen molar-refractivity contribution < 1.29 is 14.7 Å². The summed E-state index contributed by atoms with van der Waals surface area (Å²) >= 11 is 0. The van der Waals surface area contributed by atoms with Gasteiger partial charge in [0.05, 0.1) is 0 Å². The summed E-state index contributed by atoms with van der Waals surface area (Å²) in [5.41, 5.74) is 1.43. The van der Waals surface area contributed by atoms with Gasteiger partial charge >= 0.3 is 6.09 Å². The molecule has 14 heavy (non-hydrogen) atoms. The van der Waals surface area contributed by atoms with E-state index >= 15 is 0 Å². The van der Waals surface area contributed by atoms with Gasteiger partial charge in [-0.2, -0.15) is 0 Å². The predicted octanol–water partition coefficient (Wildman–Crippen LogP) is 1.27. The average molecular weight is 204 g/mol. The number of hydrogen-bond donors (Lipinski definition) is 3. The van der Waals surface area contributed by atoms with Gasteiger partial charge in [0, 0.05) is 11.6 Å². The highest BCUT2D eigenvalue weighted by Crippen LogP contribution is 2.08. The van der Waals surface area contributed by atoms with Crippen molar-refractivity contribution in [2.75, 3.05) is 6.61 Å². The standard InChI is InChI=1S/C9H20N2O3/c1-5-9(3,4)10-7(2)6-14-8(12)11-13/h7,10,13H,5-6H2,1-4H3,(H,11,12). The molecule has 0 aromatic rings. The molecule has 0 aliphatic carbocycles. The maximum atomic E-state index is 10.5. The third-order valence-electron chi connectivity index (χ3n) is 2.08. The minimum absolute atomic E-state index is 0.0263. The summed E-state index contributed by atoms with van der Waals surface area (Å²) in [6.07, 6.45) is 0.164. The molecule has 0 saturated heterocycles. The minimum atomic E-state index is -0.826. The molecule has 1 amide bonds. The Hall–Kier alpha value is -0.810. The first-order valence-electron chi connectivity index (χ1n) is 4.76. The smallest absolute Gasteiger partial charge is 0.431 e. The van der Waals surface area contributed by atoms with Crippen LogP contribution in [0.3, 0.4) is 0 Å². The highest BCUT2D eigenvalue weighted by molar-refractivity contribution is 5.65. The molecule has 0 heterocycles. The Bertz CT molecular complexity index is 183. The summed E-state index contributed by atoms with van der Waals surface area (Å²) in [7, 11) is 0. The van der Waals surface area contributed by atoms with E-state index in [2.05, 4.69) is 30.8 Å². The molecule has 0 spiro atoms. The number of ether oxygens (including phenoxy) is 1. The average Bonchev–Trinajstić information content (AvgIpc) is 2.13. The number of rotatable bonds is 5. The quantitative estimate of drug-likeness (QED) is 0.466. The summed E-state index contributed by atoms with van der Waals surface area (Å²) in [4.78, 5) is 10.5. The van der Waals surface area contributed by atoms with Crippen molar-refractivity contribution in [2.45, 2.75) is 45.7 Å². The SMILES string of the molecule is CCC(C)(C)NC(C)COC(=O)NO. The molecular formula is C9H20N2O3. The van der Waals surface area contributed by atoms with Crippen LogP contribution in [0.5, 0.6) is 0 Å². The first kappa shape index (κ1) is 13.2. The summed E-state index contributed by atoms with van der Waals surface area (Å²) < 4.78 is 4.68. The van der Waals surface area contributed by atoms with Gasteiger partial charge in [-0.05, 0) is 27.2 Å². The van der Waals surface area contributed by atoms with Crippen molar-refractivity contribution in [3.8, 4) is 0 Å². The summed E-state index contributed by atoms with van der Waals surface area (Å²) in [6.45, 7) is 8.39. The van der Waals surface area contributed by atoms with E-state index in [1.807, 2.05) is 6.92 Å². The molecule has 5 heteroatoms. The van der Waals surface area contributed by atoms with Gasteiger partial charge in [-0.3, -0.25) is 5.21 Å². The van der Waals surface area contributed by atoms with Gasteiger partial charge in [0.1, 0.15) is 6.61 Å². The zero-order valence-electron chi connectivity index (χ0n) is 9.26. The van der Waals surface area contributed by atoms with Crippen LogP contribution in [0.25, 0.3) is 0 Å². The fourth-order valence-electron chi connectivity index (χ4n) is 1.04. The molecular weight excluding hydrogens is 184 g/mol. The van der Waals surface area contributed by atoms with E-state index in [-0.39, 0.29) is 18.2 Å². The van der Waals surface area contributed by atoms with E-state index in [1.165, 1.54) is 5.48 Å². The first-order chi connectivity index (χ1) is 6.41. The maximum Gasteiger partial charge on any atom is 0.431 e. The Balaban J connectivity index is 3.75. The van der Waals surface area contributed by atoms with Crippen LogP contribution in [-0.2, 0) is 4.74 Å². The normalized spacial score (nSPS) is 13.5.